The number of pyridine rings is 1. The minimum atomic E-state index is -0.287. The van der Waals surface area contributed by atoms with Gasteiger partial charge in [0.25, 0.3) is 0 Å². The van der Waals surface area contributed by atoms with E-state index in [0.29, 0.717) is 6.54 Å². The monoisotopic (exact) mass is 395 g/mol. The van der Waals surface area contributed by atoms with E-state index in [0.717, 1.165) is 35.4 Å². The molecule has 0 radical (unpaired) electrons. The normalized spacial score (nSPS) is 23.7. The number of ether oxygens (including phenoxy) is 1. The Balaban J connectivity index is 1.48. The van der Waals surface area contributed by atoms with Crippen molar-refractivity contribution in [3.63, 3.8) is 0 Å². The molecule has 150 valence electrons. The highest BCUT2D eigenvalue weighted by molar-refractivity contribution is 5.89. The predicted octanol–water partition coefficient (Wildman–Crippen LogP) is 2.38. The summed E-state index contributed by atoms with van der Waals surface area (Å²) in [6.07, 6.45) is 3.58. The highest BCUT2D eigenvalue weighted by Crippen LogP contribution is 2.46. The summed E-state index contributed by atoms with van der Waals surface area (Å²) in [6, 6.07) is 8.31. The standard InChI is InChI=1S/C21H22FN5O2/c1-29-12-19(28)27-10-14-9-26(21-16-8-24-25-18(16)5-6-23-21)11-17(14)20(27)13-3-2-4-15(22)7-13/h2-8,14,17,20H,9-12H2,1H3,(H,24,25)/t14-,17-,20+/m1/s1. The summed E-state index contributed by atoms with van der Waals surface area (Å²) < 4.78 is 19.0. The molecule has 5 rings (SSSR count). The highest BCUT2D eigenvalue weighted by Gasteiger charge is 2.49. The number of halogens is 1. The molecule has 2 fully saturated rings. The number of fused-ring (bicyclic) bond motifs is 2. The van der Waals surface area contributed by atoms with Crippen molar-refractivity contribution in [2.24, 2.45) is 11.8 Å². The summed E-state index contributed by atoms with van der Waals surface area (Å²) in [5, 5.41) is 8.11. The number of methoxy groups -OCH3 is 1. The molecule has 3 aromatic rings. The Morgan fingerprint density at radius 1 is 1.31 bits per heavy atom. The van der Waals surface area contributed by atoms with Gasteiger partial charge in [-0.3, -0.25) is 9.89 Å². The van der Waals surface area contributed by atoms with E-state index < -0.39 is 0 Å². The fourth-order valence-corrected chi connectivity index (χ4v) is 4.90. The first-order valence-electron chi connectivity index (χ1n) is 9.72. The smallest absolute Gasteiger partial charge is 0.249 e. The Labute approximate surface area is 167 Å². The summed E-state index contributed by atoms with van der Waals surface area (Å²) in [5.41, 5.74) is 1.78. The third kappa shape index (κ3) is 3.04. The molecular weight excluding hydrogens is 373 g/mol. The number of carbonyl (C=O) groups excluding carboxylic acids is 1. The number of aromatic amines is 1. The minimum absolute atomic E-state index is 0.0326. The first kappa shape index (κ1) is 18.1. The van der Waals surface area contributed by atoms with Crippen LogP contribution in [0.25, 0.3) is 10.9 Å². The second-order valence-corrected chi connectivity index (χ2v) is 7.77. The molecule has 0 bridgehead atoms. The number of nitrogens with zero attached hydrogens (tertiary/aromatic N) is 4. The van der Waals surface area contributed by atoms with Crippen molar-refractivity contribution in [2.75, 3.05) is 38.3 Å². The van der Waals surface area contributed by atoms with Gasteiger partial charge in [-0.1, -0.05) is 12.1 Å². The number of benzene rings is 1. The molecule has 2 aliphatic rings. The Bertz CT molecular complexity index is 1050. The molecule has 2 aromatic heterocycles. The lowest BCUT2D eigenvalue weighted by molar-refractivity contribution is -0.136. The Kier molecular flexibility index (Phi) is 4.43. The van der Waals surface area contributed by atoms with E-state index in [-0.39, 0.29) is 36.2 Å². The Morgan fingerprint density at radius 2 is 2.21 bits per heavy atom. The molecule has 0 unspecified atom stereocenters. The lowest BCUT2D eigenvalue weighted by Gasteiger charge is -2.30. The number of likely N-dealkylation sites (tertiary alicyclic amines) is 1. The number of rotatable bonds is 4. The van der Waals surface area contributed by atoms with Gasteiger partial charge in [0.05, 0.1) is 23.1 Å². The van der Waals surface area contributed by atoms with Gasteiger partial charge in [-0.15, -0.1) is 0 Å². The molecule has 8 heteroatoms. The van der Waals surface area contributed by atoms with Crippen molar-refractivity contribution >= 4 is 22.6 Å². The SMILES string of the molecule is COCC(=O)N1C[C@H]2CN(c3nccc4[nH]ncc34)C[C@H]2[C@@H]1c1cccc(F)c1. The van der Waals surface area contributed by atoms with E-state index in [9.17, 15) is 9.18 Å². The molecule has 4 heterocycles. The van der Waals surface area contributed by atoms with Crippen LogP contribution < -0.4 is 4.90 Å². The van der Waals surface area contributed by atoms with Crippen molar-refractivity contribution in [2.45, 2.75) is 6.04 Å². The molecule has 2 aliphatic heterocycles. The molecule has 7 nitrogen and oxygen atoms in total. The number of nitrogens with one attached hydrogen (secondary N) is 1. The van der Waals surface area contributed by atoms with Crippen LogP contribution >= 0.6 is 0 Å². The van der Waals surface area contributed by atoms with Crippen LogP contribution in [0, 0.1) is 17.7 Å². The second-order valence-electron chi connectivity index (χ2n) is 7.77. The van der Waals surface area contributed by atoms with Crippen LogP contribution in [0.4, 0.5) is 10.2 Å². The number of H-pyrrole nitrogens is 1. The van der Waals surface area contributed by atoms with Crippen LogP contribution in [-0.2, 0) is 9.53 Å². The van der Waals surface area contributed by atoms with Crippen LogP contribution in [-0.4, -0.2) is 59.3 Å². The molecule has 0 saturated carbocycles. The summed E-state index contributed by atoms with van der Waals surface area (Å²) in [6.45, 7) is 2.21. The van der Waals surface area contributed by atoms with E-state index in [1.54, 1.807) is 18.5 Å². The fraction of sp³-hybridized carbons (Fsp3) is 0.381. The number of aromatic nitrogens is 3. The maximum atomic E-state index is 14.0. The van der Waals surface area contributed by atoms with Gasteiger partial charge in [-0.2, -0.15) is 5.10 Å². The van der Waals surface area contributed by atoms with Gasteiger partial charge >= 0.3 is 0 Å². The lowest BCUT2D eigenvalue weighted by Crippen LogP contribution is -2.37. The number of amides is 1. The minimum Gasteiger partial charge on any atom is -0.375 e. The van der Waals surface area contributed by atoms with E-state index in [1.807, 2.05) is 17.0 Å². The predicted molar refractivity (Wildman–Crippen MR) is 106 cm³/mol. The number of hydrogen-bond acceptors (Lipinski definition) is 5. The zero-order chi connectivity index (χ0) is 20.0. The fourth-order valence-electron chi connectivity index (χ4n) is 4.90. The van der Waals surface area contributed by atoms with Crippen LogP contribution in [0.5, 0.6) is 0 Å². The molecule has 29 heavy (non-hydrogen) atoms. The van der Waals surface area contributed by atoms with Gasteiger partial charge in [0.15, 0.2) is 0 Å². The summed E-state index contributed by atoms with van der Waals surface area (Å²) in [4.78, 5) is 21.4. The van der Waals surface area contributed by atoms with Gasteiger partial charge in [-0.25, -0.2) is 9.37 Å². The van der Waals surface area contributed by atoms with Crippen molar-refractivity contribution < 1.29 is 13.9 Å². The van der Waals surface area contributed by atoms with E-state index >= 15 is 0 Å². The van der Waals surface area contributed by atoms with Crippen LogP contribution in [0.3, 0.4) is 0 Å². The topological polar surface area (TPSA) is 74.3 Å². The van der Waals surface area contributed by atoms with Crippen molar-refractivity contribution in [3.8, 4) is 0 Å². The quantitative estimate of drug-likeness (QED) is 0.734. The molecule has 0 spiro atoms. The van der Waals surface area contributed by atoms with Gasteiger partial charge in [0, 0.05) is 44.8 Å². The summed E-state index contributed by atoms with van der Waals surface area (Å²) in [7, 11) is 1.52. The van der Waals surface area contributed by atoms with Gasteiger partial charge < -0.3 is 14.5 Å². The zero-order valence-corrected chi connectivity index (χ0v) is 16.1. The molecular formula is C21H22FN5O2. The van der Waals surface area contributed by atoms with Crippen LogP contribution in [0.15, 0.2) is 42.7 Å². The molecule has 2 saturated heterocycles. The molecule has 1 aromatic carbocycles. The van der Waals surface area contributed by atoms with Crippen molar-refractivity contribution in [3.05, 3.63) is 54.1 Å². The van der Waals surface area contributed by atoms with Gasteiger partial charge in [-0.05, 0) is 23.8 Å². The van der Waals surface area contributed by atoms with Gasteiger partial charge in [0.2, 0.25) is 5.91 Å². The summed E-state index contributed by atoms with van der Waals surface area (Å²) in [5.74, 6) is 1.04. The van der Waals surface area contributed by atoms with Crippen LogP contribution in [0.2, 0.25) is 0 Å². The number of carbonyl (C=O) groups is 1. The van der Waals surface area contributed by atoms with Crippen molar-refractivity contribution in [1.82, 2.24) is 20.1 Å². The average molecular weight is 395 g/mol. The third-order valence-electron chi connectivity index (χ3n) is 6.09. The Hall–Kier alpha value is -3.00. The molecule has 1 amide bonds. The maximum absolute atomic E-state index is 14.0. The number of anilines is 1. The highest BCUT2D eigenvalue weighted by atomic mass is 19.1. The van der Waals surface area contributed by atoms with E-state index in [4.69, 9.17) is 4.74 Å². The van der Waals surface area contributed by atoms with E-state index in [2.05, 4.69) is 20.1 Å². The maximum Gasteiger partial charge on any atom is 0.249 e. The summed E-state index contributed by atoms with van der Waals surface area (Å²) >= 11 is 0. The van der Waals surface area contributed by atoms with Crippen LogP contribution in [0.1, 0.15) is 11.6 Å². The first-order chi connectivity index (χ1) is 14.2. The average Bonchev–Trinajstić information content (AvgIpc) is 3.41. The Morgan fingerprint density at radius 3 is 3.03 bits per heavy atom. The van der Waals surface area contributed by atoms with E-state index in [1.165, 1.54) is 19.2 Å². The molecule has 1 N–H and O–H groups in total. The first-order valence-corrected chi connectivity index (χ1v) is 9.72. The molecule has 0 aliphatic carbocycles. The molecule has 3 atom stereocenters. The largest absolute Gasteiger partial charge is 0.375 e. The number of hydrogen-bond donors (Lipinski definition) is 1. The van der Waals surface area contributed by atoms with Crippen molar-refractivity contribution in [1.29, 1.82) is 0 Å². The zero-order valence-electron chi connectivity index (χ0n) is 16.1. The lowest BCUT2D eigenvalue weighted by atomic mass is 9.89. The third-order valence-corrected chi connectivity index (χ3v) is 6.09. The van der Waals surface area contributed by atoms with Gasteiger partial charge in [0.1, 0.15) is 18.2 Å². The second kappa shape index (κ2) is 7.11.